The molecule has 4 rings (SSSR count). The number of ether oxygens (including phenoxy) is 1. The number of benzene rings is 1. The van der Waals surface area contributed by atoms with Gasteiger partial charge < -0.3 is 10.1 Å². The van der Waals surface area contributed by atoms with Crippen molar-refractivity contribution >= 4 is 11.6 Å². The Morgan fingerprint density at radius 1 is 1.03 bits per heavy atom. The van der Waals surface area contributed by atoms with Gasteiger partial charge >= 0.3 is 0 Å². The first-order valence-corrected chi connectivity index (χ1v) is 11.4. The lowest BCUT2D eigenvalue weighted by atomic mass is 9.83. The van der Waals surface area contributed by atoms with Crippen LogP contribution in [0.3, 0.4) is 0 Å². The van der Waals surface area contributed by atoms with E-state index in [-0.39, 0.29) is 29.7 Å². The molecule has 1 aliphatic rings. The van der Waals surface area contributed by atoms with Gasteiger partial charge in [0.1, 0.15) is 11.6 Å². The van der Waals surface area contributed by atoms with E-state index in [1.165, 1.54) is 18.5 Å². The number of halogens is 1. The quantitative estimate of drug-likeness (QED) is 0.521. The summed E-state index contributed by atoms with van der Waals surface area (Å²) in [5.74, 6) is 0.302. The van der Waals surface area contributed by atoms with Crippen LogP contribution in [0.4, 0.5) is 10.1 Å². The highest BCUT2D eigenvalue weighted by Gasteiger charge is 2.27. The molecule has 0 unspecified atom stereocenters. The van der Waals surface area contributed by atoms with Crippen LogP contribution in [0.1, 0.15) is 73.2 Å². The van der Waals surface area contributed by atoms with Crippen molar-refractivity contribution in [2.75, 3.05) is 12.4 Å². The van der Waals surface area contributed by atoms with E-state index < -0.39 is 0 Å². The lowest BCUT2D eigenvalue weighted by molar-refractivity contribution is 0.0655. The zero-order chi connectivity index (χ0) is 23.4. The molecule has 1 aromatic carbocycles. The molecule has 1 N–H and O–H groups in total. The number of pyridine rings is 1. The van der Waals surface area contributed by atoms with Gasteiger partial charge in [-0.05, 0) is 37.8 Å². The minimum Gasteiger partial charge on any atom is -0.381 e. The Morgan fingerprint density at radius 3 is 2.36 bits per heavy atom. The largest absolute Gasteiger partial charge is 0.381 e. The van der Waals surface area contributed by atoms with Crippen LogP contribution in [-0.2, 0) is 4.74 Å². The molecule has 0 radical (unpaired) electrons. The predicted octanol–water partition coefficient (Wildman–Crippen LogP) is 5.73. The number of amides is 1. The fourth-order valence-electron chi connectivity index (χ4n) is 4.33. The van der Waals surface area contributed by atoms with Gasteiger partial charge in [-0.2, -0.15) is 0 Å². The molecule has 33 heavy (non-hydrogen) atoms. The number of rotatable bonds is 6. The van der Waals surface area contributed by atoms with Crippen LogP contribution in [0.25, 0.3) is 11.1 Å². The van der Waals surface area contributed by atoms with Crippen molar-refractivity contribution in [1.29, 1.82) is 0 Å². The minimum absolute atomic E-state index is 0.151. The number of anilines is 1. The first-order valence-electron chi connectivity index (χ1n) is 11.4. The second-order valence-electron chi connectivity index (χ2n) is 8.75. The number of carbonyl (C=O) groups excluding carboxylic acids is 1. The third kappa shape index (κ3) is 5.09. The number of methoxy groups -OCH3 is 1. The molecule has 7 heteroatoms. The first-order chi connectivity index (χ1) is 16.0. The van der Waals surface area contributed by atoms with E-state index in [1.54, 1.807) is 37.6 Å². The molecule has 3 aromatic rings. The topological polar surface area (TPSA) is 77.0 Å². The van der Waals surface area contributed by atoms with Crippen LogP contribution < -0.4 is 5.32 Å². The number of aromatic nitrogens is 3. The maximum Gasteiger partial charge on any atom is 0.258 e. The zero-order valence-electron chi connectivity index (χ0n) is 19.2. The van der Waals surface area contributed by atoms with Gasteiger partial charge in [-0.15, -0.1) is 0 Å². The molecule has 2 aromatic heterocycles. The molecule has 0 aliphatic heterocycles. The summed E-state index contributed by atoms with van der Waals surface area (Å²) in [6, 6.07) is 8.32. The van der Waals surface area contributed by atoms with Crippen molar-refractivity contribution in [2.45, 2.75) is 57.5 Å². The highest BCUT2D eigenvalue weighted by Crippen LogP contribution is 2.40. The Kier molecular flexibility index (Phi) is 7.08. The molecule has 172 valence electrons. The summed E-state index contributed by atoms with van der Waals surface area (Å²) in [4.78, 5) is 26.4. The normalized spacial score (nSPS) is 18.3. The van der Waals surface area contributed by atoms with Crippen molar-refractivity contribution in [3.63, 3.8) is 0 Å². The number of nitrogens with zero attached hydrogens (tertiary/aromatic N) is 3. The first kappa shape index (κ1) is 23.0. The van der Waals surface area contributed by atoms with Gasteiger partial charge in [0.05, 0.1) is 23.0 Å². The number of carbonyl (C=O) groups is 1. The number of hydrogen-bond donors (Lipinski definition) is 1. The molecule has 1 saturated carbocycles. The van der Waals surface area contributed by atoms with Gasteiger partial charge in [-0.25, -0.2) is 14.4 Å². The Labute approximate surface area is 193 Å². The average molecular weight is 449 g/mol. The van der Waals surface area contributed by atoms with Gasteiger partial charge in [0.15, 0.2) is 0 Å². The summed E-state index contributed by atoms with van der Waals surface area (Å²) in [5, 5.41) is 3.01. The van der Waals surface area contributed by atoms with Crippen LogP contribution in [0.2, 0.25) is 0 Å². The van der Waals surface area contributed by atoms with Crippen LogP contribution in [-0.4, -0.2) is 34.1 Å². The Bertz CT molecular complexity index is 1110. The predicted molar refractivity (Wildman–Crippen MR) is 126 cm³/mol. The van der Waals surface area contributed by atoms with E-state index in [4.69, 9.17) is 4.74 Å². The number of hydrogen-bond acceptors (Lipinski definition) is 5. The van der Waals surface area contributed by atoms with E-state index in [1.807, 2.05) is 13.8 Å². The third-order valence-corrected chi connectivity index (χ3v) is 6.23. The zero-order valence-corrected chi connectivity index (χ0v) is 19.2. The van der Waals surface area contributed by atoms with E-state index in [2.05, 4.69) is 20.3 Å². The van der Waals surface area contributed by atoms with Gasteiger partial charge in [-0.3, -0.25) is 9.78 Å². The van der Waals surface area contributed by atoms with E-state index in [0.29, 0.717) is 28.2 Å². The van der Waals surface area contributed by atoms with Gasteiger partial charge in [0.25, 0.3) is 5.91 Å². The maximum atomic E-state index is 14.7. The molecular weight excluding hydrogens is 419 g/mol. The molecular formula is C26H29FN4O2. The van der Waals surface area contributed by atoms with Gasteiger partial charge in [0, 0.05) is 48.7 Å². The highest BCUT2D eigenvalue weighted by atomic mass is 19.1. The summed E-state index contributed by atoms with van der Waals surface area (Å²) in [6.45, 7) is 3.99. The summed E-state index contributed by atoms with van der Waals surface area (Å²) in [7, 11) is 1.74. The summed E-state index contributed by atoms with van der Waals surface area (Å²) < 4.78 is 20.2. The lowest BCUT2D eigenvalue weighted by Crippen LogP contribution is -2.22. The molecule has 0 spiro atoms. The van der Waals surface area contributed by atoms with Crippen LogP contribution in [0.5, 0.6) is 0 Å². The Hall–Kier alpha value is -3.19. The molecule has 6 nitrogen and oxygen atoms in total. The van der Waals surface area contributed by atoms with E-state index in [0.717, 1.165) is 31.4 Å². The fraction of sp³-hybridized carbons (Fsp3) is 0.385. The standard InChI is InChI=1S/C26H29FN4O2/c1-16(2)25-29-14-18(15-30-25)26(32)31-24-21(20-6-4-5-7-22(20)27)12-13-28-23(24)17-8-10-19(33-3)11-9-17/h4-7,12-17,19H,8-11H2,1-3H3,(H,31,32)/t17-,19-. The summed E-state index contributed by atoms with van der Waals surface area (Å²) in [5.41, 5.74) is 2.70. The molecule has 1 amide bonds. The Balaban J connectivity index is 1.72. The number of nitrogens with one attached hydrogen (secondary N) is 1. The smallest absolute Gasteiger partial charge is 0.258 e. The van der Waals surface area contributed by atoms with Crippen molar-refractivity contribution in [3.05, 3.63) is 71.8 Å². The lowest BCUT2D eigenvalue weighted by Gasteiger charge is -2.29. The molecule has 1 aliphatic carbocycles. The second kappa shape index (κ2) is 10.2. The summed E-state index contributed by atoms with van der Waals surface area (Å²) in [6.07, 6.45) is 8.61. The average Bonchev–Trinajstić information content (AvgIpc) is 2.85. The van der Waals surface area contributed by atoms with Gasteiger partial charge in [0.2, 0.25) is 0 Å². The maximum absolute atomic E-state index is 14.7. The van der Waals surface area contributed by atoms with Crippen LogP contribution >= 0.6 is 0 Å². The minimum atomic E-state index is -0.349. The SMILES string of the molecule is CO[C@H]1CC[C@H](c2nccc(-c3ccccc3F)c2NC(=O)c2cnc(C(C)C)nc2)CC1. The molecule has 1 fully saturated rings. The second-order valence-corrected chi connectivity index (χ2v) is 8.75. The molecule has 0 atom stereocenters. The van der Waals surface area contributed by atoms with Crippen molar-refractivity contribution in [1.82, 2.24) is 15.0 Å². The van der Waals surface area contributed by atoms with Crippen molar-refractivity contribution < 1.29 is 13.9 Å². The molecule has 0 saturated heterocycles. The van der Waals surface area contributed by atoms with Crippen LogP contribution in [0, 0.1) is 5.82 Å². The van der Waals surface area contributed by atoms with Crippen LogP contribution in [0.15, 0.2) is 48.9 Å². The van der Waals surface area contributed by atoms with Gasteiger partial charge in [-0.1, -0.05) is 32.0 Å². The third-order valence-electron chi connectivity index (χ3n) is 6.23. The van der Waals surface area contributed by atoms with E-state index >= 15 is 0 Å². The summed E-state index contributed by atoms with van der Waals surface area (Å²) >= 11 is 0. The molecule has 2 heterocycles. The Morgan fingerprint density at radius 2 is 1.73 bits per heavy atom. The fourth-order valence-corrected chi connectivity index (χ4v) is 4.33. The highest BCUT2D eigenvalue weighted by molar-refractivity contribution is 6.06. The monoisotopic (exact) mass is 448 g/mol. The van der Waals surface area contributed by atoms with E-state index in [9.17, 15) is 9.18 Å². The van der Waals surface area contributed by atoms with Crippen molar-refractivity contribution in [2.24, 2.45) is 0 Å². The van der Waals surface area contributed by atoms with Crippen molar-refractivity contribution in [3.8, 4) is 11.1 Å². The molecule has 0 bridgehead atoms.